The molecule has 6 nitrogen and oxygen atoms in total. The molecule has 0 aliphatic carbocycles. The van der Waals surface area contributed by atoms with Gasteiger partial charge in [0.25, 0.3) is 0 Å². The van der Waals surface area contributed by atoms with Gasteiger partial charge in [-0.05, 0) is 19.8 Å². The lowest BCUT2D eigenvalue weighted by atomic mass is 9.90. The Balaban J connectivity index is 2.82. The molecule has 1 heterocycles. The highest BCUT2D eigenvalue weighted by molar-refractivity contribution is 7.88. The van der Waals surface area contributed by atoms with Crippen LogP contribution < -0.4 is 10.5 Å². The second-order valence-corrected chi connectivity index (χ2v) is 6.79. The Bertz CT molecular complexity index is 495. The fourth-order valence-electron chi connectivity index (χ4n) is 1.47. The fraction of sp³-hybridized carbons (Fsp3) is 0.727. The van der Waals surface area contributed by atoms with E-state index in [0.29, 0.717) is 11.5 Å². The summed E-state index contributed by atoms with van der Waals surface area (Å²) in [6.45, 7) is 7.60. The standard InChI is InChI=1S/C11H21N3O3S/c1-8(2)11(4,7-12)14-18(15,16)6-10-5-9(3)17-13-10/h5,8,14H,6-7,12H2,1-4H3. The number of aryl methyl sites for hydroxylation is 1. The number of hydrogen-bond acceptors (Lipinski definition) is 5. The van der Waals surface area contributed by atoms with Crippen LogP contribution in [0.2, 0.25) is 0 Å². The maximum atomic E-state index is 12.0. The molecule has 0 fully saturated rings. The van der Waals surface area contributed by atoms with Gasteiger partial charge >= 0.3 is 0 Å². The van der Waals surface area contributed by atoms with Crippen molar-refractivity contribution in [3.63, 3.8) is 0 Å². The van der Waals surface area contributed by atoms with E-state index in [1.54, 1.807) is 19.9 Å². The molecule has 3 N–H and O–H groups in total. The van der Waals surface area contributed by atoms with Crippen LogP contribution in [0.1, 0.15) is 32.2 Å². The Morgan fingerprint density at radius 1 is 1.56 bits per heavy atom. The average Bonchev–Trinajstić information content (AvgIpc) is 2.61. The Labute approximate surface area is 108 Å². The van der Waals surface area contributed by atoms with E-state index in [-0.39, 0.29) is 18.2 Å². The van der Waals surface area contributed by atoms with Crippen LogP contribution in [0.15, 0.2) is 10.6 Å². The molecule has 0 aliphatic rings. The number of rotatable bonds is 6. The first-order chi connectivity index (χ1) is 8.18. The van der Waals surface area contributed by atoms with Gasteiger partial charge in [-0.15, -0.1) is 0 Å². The summed E-state index contributed by atoms with van der Waals surface area (Å²) in [6.07, 6.45) is 0. The molecule has 0 aliphatic heterocycles. The molecule has 0 bridgehead atoms. The van der Waals surface area contributed by atoms with Crippen molar-refractivity contribution in [1.29, 1.82) is 0 Å². The van der Waals surface area contributed by atoms with Crippen LogP contribution in [0.25, 0.3) is 0 Å². The van der Waals surface area contributed by atoms with Gasteiger partial charge in [0, 0.05) is 18.2 Å². The van der Waals surface area contributed by atoms with Gasteiger partial charge < -0.3 is 10.3 Å². The molecular weight excluding hydrogens is 254 g/mol. The maximum absolute atomic E-state index is 12.0. The summed E-state index contributed by atoms with van der Waals surface area (Å²) >= 11 is 0. The highest BCUT2D eigenvalue weighted by Gasteiger charge is 2.32. The van der Waals surface area contributed by atoms with Gasteiger partial charge in [0.05, 0.1) is 0 Å². The molecule has 0 saturated carbocycles. The van der Waals surface area contributed by atoms with Gasteiger partial charge in [-0.25, -0.2) is 13.1 Å². The lowest BCUT2D eigenvalue weighted by Gasteiger charge is -2.32. The predicted molar refractivity (Wildman–Crippen MR) is 69.3 cm³/mol. The third-order valence-electron chi connectivity index (χ3n) is 3.10. The zero-order valence-corrected chi connectivity index (χ0v) is 12.0. The first-order valence-electron chi connectivity index (χ1n) is 5.82. The smallest absolute Gasteiger partial charge is 0.218 e. The van der Waals surface area contributed by atoms with Crippen LogP contribution in [0.3, 0.4) is 0 Å². The third-order valence-corrected chi connectivity index (χ3v) is 4.55. The maximum Gasteiger partial charge on any atom is 0.218 e. The highest BCUT2D eigenvalue weighted by Crippen LogP contribution is 2.17. The second kappa shape index (κ2) is 5.38. The summed E-state index contributed by atoms with van der Waals surface area (Å²) in [7, 11) is -3.49. The van der Waals surface area contributed by atoms with Crippen LogP contribution in [0, 0.1) is 12.8 Å². The molecule has 0 radical (unpaired) electrons. The molecule has 0 saturated heterocycles. The van der Waals surface area contributed by atoms with E-state index in [2.05, 4.69) is 9.88 Å². The zero-order valence-electron chi connectivity index (χ0n) is 11.2. The van der Waals surface area contributed by atoms with Gasteiger partial charge in [0.2, 0.25) is 10.0 Å². The van der Waals surface area contributed by atoms with E-state index in [1.165, 1.54) is 0 Å². The Morgan fingerprint density at radius 3 is 2.56 bits per heavy atom. The van der Waals surface area contributed by atoms with Crippen molar-refractivity contribution in [2.45, 2.75) is 39.0 Å². The van der Waals surface area contributed by atoms with Crippen LogP contribution in [0.5, 0.6) is 0 Å². The minimum Gasteiger partial charge on any atom is -0.361 e. The molecule has 7 heteroatoms. The van der Waals surface area contributed by atoms with Gasteiger partial charge in [-0.3, -0.25) is 0 Å². The molecule has 0 amide bonds. The summed E-state index contributed by atoms with van der Waals surface area (Å²) in [4.78, 5) is 0. The fourth-order valence-corrected chi connectivity index (χ4v) is 3.09. The molecule has 0 spiro atoms. The van der Waals surface area contributed by atoms with Crippen molar-refractivity contribution >= 4 is 10.0 Å². The largest absolute Gasteiger partial charge is 0.361 e. The lowest BCUT2D eigenvalue weighted by Crippen LogP contribution is -2.55. The quantitative estimate of drug-likeness (QED) is 0.799. The van der Waals surface area contributed by atoms with Gasteiger partial charge in [0.15, 0.2) is 0 Å². The van der Waals surface area contributed by atoms with Crippen molar-refractivity contribution in [2.24, 2.45) is 11.7 Å². The first-order valence-corrected chi connectivity index (χ1v) is 7.47. The van der Waals surface area contributed by atoms with Crippen LogP contribution in [-0.2, 0) is 15.8 Å². The number of aromatic nitrogens is 1. The molecule has 1 aromatic heterocycles. The minimum absolute atomic E-state index is 0.0938. The van der Waals surface area contributed by atoms with E-state index in [1.807, 2.05) is 13.8 Å². The van der Waals surface area contributed by atoms with Crippen molar-refractivity contribution in [3.8, 4) is 0 Å². The topological polar surface area (TPSA) is 98.2 Å². The van der Waals surface area contributed by atoms with Gasteiger partial charge in [-0.1, -0.05) is 19.0 Å². The van der Waals surface area contributed by atoms with E-state index >= 15 is 0 Å². The Hall–Kier alpha value is -0.920. The monoisotopic (exact) mass is 275 g/mol. The van der Waals surface area contributed by atoms with Crippen molar-refractivity contribution in [2.75, 3.05) is 6.54 Å². The molecule has 104 valence electrons. The highest BCUT2D eigenvalue weighted by atomic mass is 32.2. The number of nitrogens with zero attached hydrogens (tertiary/aromatic N) is 1. The number of nitrogens with two attached hydrogens (primary N) is 1. The molecule has 1 rings (SSSR count). The summed E-state index contributed by atoms with van der Waals surface area (Å²) in [5.41, 5.74) is 5.39. The molecule has 18 heavy (non-hydrogen) atoms. The van der Waals surface area contributed by atoms with E-state index in [4.69, 9.17) is 10.3 Å². The molecule has 1 atom stereocenters. The van der Waals surface area contributed by atoms with Crippen LogP contribution >= 0.6 is 0 Å². The van der Waals surface area contributed by atoms with Gasteiger partial charge in [-0.2, -0.15) is 0 Å². The second-order valence-electron chi connectivity index (χ2n) is 5.07. The Morgan fingerprint density at radius 2 is 2.17 bits per heavy atom. The third kappa shape index (κ3) is 3.79. The van der Waals surface area contributed by atoms with Gasteiger partial charge in [0.1, 0.15) is 17.2 Å². The Kier molecular flexibility index (Phi) is 4.52. The van der Waals surface area contributed by atoms with Crippen LogP contribution in [0.4, 0.5) is 0 Å². The van der Waals surface area contributed by atoms with Crippen molar-refractivity contribution < 1.29 is 12.9 Å². The normalized spacial score (nSPS) is 15.9. The minimum atomic E-state index is -3.49. The first kappa shape index (κ1) is 15.1. The predicted octanol–water partition coefficient (Wildman–Crippen LogP) is 0.776. The van der Waals surface area contributed by atoms with E-state index < -0.39 is 15.6 Å². The van der Waals surface area contributed by atoms with Crippen molar-refractivity contribution in [1.82, 2.24) is 9.88 Å². The number of hydrogen-bond donors (Lipinski definition) is 2. The lowest BCUT2D eigenvalue weighted by molar-refractivity contribution is 0.314. The molecule has 1 unspecified atom stereocenters. The van der Waals surface area contributed by atoms with Crippen molar-refractivity contribution in [3.05, 3.63) is 17.5 Å². The van der Waals surface area contributed by atoms with E-state index in [9.17, 15) is 8.42 Å². The zero-order chi connectivity index (χ0) is 14.0. The SMILES string of the molecule is Cc1cc(CS(=O)(=O)NC(C)(CN)C(C)C)no1. The number of nitrogens with one attached hydrogen (secondary N) is 1. The summed E-state index contributed by atoms with van der Waals surface area (Å²) in [6, 6.07) is 1.61. The summed E-state index contributed by atoms with van der Waals surface area (Å²) in [5.74, 6) is 0.481. The molecule has 0 aromatic carbocycles. The molecule has 1 aromatic rings. The summed E-state index contributed by atoms with van der Waals surface area (Å²) in [5, 5.41) is 3.68. The number of sulfonamides is 1. The molecular formula is C11H21N3O3S. The summed E-state index contributed by atoms with van der Waals surface area (Å²) < 4.78 is 31.6. The average molecular weight is 275 g/mol. The van der Waals surface area contributed by atoms with Crippen LogP contribution in [-0.4, -0.2) is 25.7 Å². The van der Waals surface area contributed by atoms with E-state index in [0.717, 1.165) is 0 Å².